The van der Waals surface area contributed by atoms with Gasteiger partial charge >= 0.3 is 0 Å². The second-order valence-corrected chi connectivity index (χ2v) is 6.94. The molecule has 1 aromatic carbocycles. The Hall–Kier alpha value is -1.46. The molecule has 1 aromatic rings. The molecular formula is C18H25FN2O2. The summed E-state index contributed by atoms with van der Waals surface area (Å²) in [6, 6.07) is 6.75. The van der Waals surface area contributed by atoms with E-state index in [9.17, 15) is 9.18 Å². The van der Waals surface area contributed by atoms with Crippen LogP contribution in [-0.2, 0) is 14.9 Å². The zero-order valence-electron chi connectivity index (χ0n) is 13.7. The molecule has 1 aliphatic heterocycles. The highest BCUT2D eigenvalue weighted by Gasteiger charge is 2.46. The van der Waals surface area contributed by atoms with E-state index >= 15 is 0 Å². The summed E-state index contributed by atoms with van der Waals surface area (Å²) in [4.78, 5) is 12.8. The lowest BCUT2D eigenvalue weighted by atomic mass is 9.78. The van der Waals surface area contributed by atoms with E-state index in [0.29, 0.717) is 13.2 Å². The molecule has 1 amide bonds. The molecule has 1 aliphatic carbocycles. The molecule has 0 aromatic heterocycles. The van der Waals surface area contributed by atoms with E-state index in [0.717, 1.165) is 44.3 Å². The number of carbonyl (C=O) groups is 1. The van der Waals surface area contributed by atoms with E-state index in [1.807, 2.05) is 6.07 Å². The highest BCUT2D eigenvalue weighted by Crippen LogP contribution is 2.48. The Morgan fingerprint density at radius 1 is 1.30 bits per heavy atom. The van der Waals surface area contributed by atoms with Gasteiger partial charge in [-0.3, -0.25) is 4.79 Å². The minimum Gasteiger partial charge on any atom is -0.384 e. The van der Waals surface area contributed by atoms with Crippen LogP contribution in [-0.4, -0.2) is 39.3 Å². The van der Waals surface area contributed by atoms with Gasteiger partial charge in [0.25, 0.3) is 0 Å². The number of benzene rings is 1. The molecule has 0 atom stereocenters. The number of hydrogen-bond donors (Lipinski definition) is 2. The first-order valence-corrected chi connectivity index (χ1v) is 8.34. The van der Waals surface area contributed by atoms with Crippen molar-refractivity contribution in [1.29, 1.82) is 0 Å². The van der Waals surface area contributed by atoms with Crippen LogP contribution in [0.5, 0.6) is 0 Å². The van der Waals surface area contributed by atoms with Crippen molar-refractivity contribution in [3.05, 3.63) is 35.6 Å². The van der Waals surface area contributed by atoms with Crippen molar-refractivity contribution in [3.63, 3.8) is 0 Å². The van der Waals surface area contributed by atoms with Crippen LogP contribution in [0.15, 0.2) is 24.3 Å². The number of halogens is 1. The van der Waals surface area contributed by atoms with E-state index in [1.54, 1.807) is 19.2 Å². The normalized spacial score (nSPS) is 21.7. The second kappa shape index (κ2) is 6.57. The summed E-state index contributed by atoms with van der Waals surface area (Å²) in [5.41, 5.74) is 0.473. The number of hydrogen-bond acceptors (Lipinski definition) is 3. The Morgan fingerprint density at radius 2 is 2.04 bits per heavy atom. The third-order valence-corrected chi connectivity index (χ3v) is 5.34. The maximum atomic E-state index is 13.5. The van der Waals surface area contributed by atoms with E-state index in [1.165, 1.54) is 6.07 Å². The highest BCUT2D eigenvalue weighted by atomic mass is 19.1. The average molecular weight is 320 g/mol. The number of carbonyl (C=O) groups excluding carboxylic acids is 1. The minimum atomic E-state index is -0.433. The molecular weight excluding hydrogens is 295 g/mol. The third kappa shape index (κ3) is 3.40. The van der Waals surface area contributed by atoms with Gasteiger partial charge in [-0.05, 0) is 56.5 Å². The molecule has 3 rings (SSSR count). The summed E-state index contributed by atoms with van der Waals surface area (Å²) in [5, 5.41) is 6.42. The first kappa shape index (κ1) is 16.4. The van der Waals surface area contributed by atoms with Gasteiger partial charge in [-0.1, -0.05) is 12.1 Å². The van der Waals surface area contributed by atoms with Crippen LogP contribution in [0, 0.1) is 11.2 Å². The van der Waals surface area contributed by atoms with Crippen molar-refractivity contribution < 1.29 is 13.9 Å². The Morgan fingerprint density at radius 3 is 2.65 bits per heavy atom. The number of piperidine rings is 1. The number of amides is 1. The molecule has 2 aliphatic rings. The van der Waals surface area contributed by atoms with Crippen LogP contribution in [0.3, 0.4) is 0 Å². The fourth-order valence-corrected chi connectivity index (χ4v) is 3.59. The van der Waals surface area contributed by atoms with Crippen LogP contribution in [0.4, 0.5) is 4.39 Å². The Bertz CT molecular complexity index is 560. The number of methoxy groups -OCH3 is 1. The Kier molecular flexibility index (Phi) is 4.69. The van der Waals surface area contributed by atoms with Crippen molar-refractivity contribution in [1.82, 2.24) is 10.6 Å². The topological polar surface area (TPSA) is 50.4 Å². The summed E-state index contributed by atoms with van der Waals surface area (Å²) >= 11 is 0. The first-order chi connectivity index (χ1) is 11.1. The van der Waals surface area contributed by atoms with Crippen LogP contribution in [0.1, 0.15) is 31.2 Å². The van der Waals surface area contributed by atoms with Crippen LogP contribution in [0.25, 0.3) is 0 Å². The van der Waals surface area contributed by atoms with Gasteiger partial charge in [0.05, 0.1) is 12.0 Å². The molecule has 0 spiro atoms. The predicted octanol–water partition coefficient (Wildman–Crippen LogP) is 1.99. The van der Waals surface area contributed by atoms with Gasteiger partial charge in [0.1, 0.15) is 5.82 Å². The molecule has 0 unspecified atom stereocenters. The lowest BCUT2D eigenvalue weighted by Gasteiger charge is -2.36. The molecule has 2 fully saturated rings. The molecule has 1 heterocycles. The van der Waals surface area contributed by atoms with Gasteiger partial charge < -0.3 is 15.4 Å². The zero-order valence-corrected chi connectivity index (χ0v) is 13.7. The maximum Gasteiger partial charge on any atom is 0.228 e. The third-order valence-electron chi connectivity index (χ3n) is 5.34. The monoisotopic (exact) mass is 320 g/mol. The molecule has 0 bridgehead atoms. The quantitative estimate of drug-likeness (QED) is 0.843. The van der Waals surface area contributed by atoms with Crippen molar-refractivity contribution in [2.24, 2.45) is 5.41 Å². The first-order valence-electron chi connectivity index (χ1n) is 8.34. The molecule has 5 heteroatoms. The van der Waals surface area contributed by atoms with Crippen molar-refractivity contribution >= 4 is 5.91 Å². The number of rotatable bonds is 6. The van der Waals surface area contributed by atoms with E-state index < -0.39 is 5.41 Å². The summed E-state index contributed by atoms with van der Waals surface area (Å²) in [6.45, 7) is 2.71. The smallest absolute Gasteiger partial charge is 0.228 e. The molecule has 23 heavy (non-hydrogen) atoms. The van der Waals surface area contributed by atoms with Crippen LogP contribution < -0.4 is 10.6 Å². The zero-order chi connectivity index (χ0) is 16.3. The SMILES string of the molecule is COCC1(C(=O)NCC2(c3cccc(F)c3)CC2)CCNCC1. The van der Waals surface area contributed by atoms with Crippen molar-refractivity contribution in [3.8, 4) is 0 Å². The second-order valence-electron chi connectivity index (χ2n) is 6.94. The minimum absolute atomic E-state index is 0.0727. The highest BCUT2D eigenvalue weighted by molar-refractivity contribution is 5.83. The van der Waals surface area contributed by atoms with E-state index in [2.05, 4.69) is 10.6 Å². The van der Waals surface area contributed by atoms with Gasteiger partial charge in [0.15, 0.2) is 0 Å². The fraction of sp³-hybridized carbons (Fsp3) is 0.611. The molecule has 1 saturated heterocycles. The molecule has 126 valence electrons. The summed E-state index contributed by atoms with van der Waals surface area (Å²) in [6.07, 6.45) is 3.57. The Labute approximate surface area is 136 Å². The molecule has 2 N–H and O–H groups in total. The summed E-state index contributed by atoms with van der Waals surface area (Å²) in [7, 11) is 1.65. The van der Waals surface area contributed by atoms with E-state index in [4.69, 9.17) is 4.74 Å². The van der Waals surface area contributed by atoms with Gasteiger partial charge in [0, 0.05) is 19.1 Å². The number of ether oxygens (including phenoxy) is 1. The molecule has 4 nitrogen and oxygen atoms in total. The predicted molar refractivity (Wildman–Crippen MR) is 86.7 cm³/mol. The fourth-order valence-electron chi connectivity index (χ4n) is 3.59. The van der Waals surface area contributed by atoms with Crippen LogP contribution >= 0.6 is 0 Å². The van der Waals surface area contributed by atoms with Gasteiger partial charge in [-0.2, -0.15) is 0 Å². The Balaban J connectivity index is 1.66. The summed E-state index contributed by atoms with van der Waals surface area (Å²) < 4.78 is 18.8. The van der Waals surface area contributed by atoms with Gasteiger partial charge in [-0.15, -0.1) is 0 Å². The largest absolute Gasteiger partial charge is 0.384 e. The van der Waals surface area contributed by atoms with Gasteiger partial charge in [-0.25, -0.2) is 4.39 Å². The standard InChI is InChI=1S/C18H25FN2O2/c1-23-13-18(7-9-20-10-8-18)16(22)21-12-17(5-6-17)14-3-2-4-15(19)11-14/h2-4,11,20H,5-10,12-13H2,1H3,(H,21,22). The molecule has 0 radical (unpaired) electrons. The van der Waals surface area contributed by atoms with Gasteiger partial charge in [0.2, 0.25) is 5.91 Å². The maximum absolute atomic E-state index is 13.5. The molecule has 1 saturated carbocycles. The lowest BCUT2D eigenvalue weighted by Crippen LogP contribution is -2.51. The average Bonchev–Trinajstić information content (AvgIpc) is 3.35. The van der Waals surface area contributed by atoms with Crippen LogP contribution in [0.2, 0.25) is 0 Å². The van der Waals surface area contributed by atoms with E-state index in [-0.39, 0.29) is 17.1 Å². The number of nitrogens with one attached hydrogen (secondary N) is 2. The summed E-state index contributed by atoms with van der Waals surface area (Å²) in [5.74, 6) is -0.141. The van der Waals surface area contributed by atoms with Crippen molar-refractivity contribution in [2.75, 3.05) is 33.4 Å². The lowest BCUT2D eigenvalue weighted by molar-refractivity contribution is -0.136. The van der Waals surface area contributed by atoms with Crippen molar-refractivity contribution in [2.45, 2.75) is 31.1 Å².